The summed E-state index contributed by atoms with van der Waals surface area (Å²) in [7, 11) is 0. The fourth-order valence-electron chi connectivity index (χ4n) is 2.90. The predicted molar refractivity (Wildman–Crippen MR) is 114 cm³/mol. The highest BCUT2D eigenvalue weighted by Crippen LogP contribution is 2.32. The van der Waals surface area contributed by atoms with Crippen LogP contribution in [0.1, 0.15) is 12.5 Å². The molecule has 0 saturated heterocycles. The van der Waals surface area contributed by atoms with Crippen LogP contribution in [0.5, 0.6) is 0 Å². The lowest BCUT2D eigenvalue weighted by Gasteiger charge is -2.10. The Balaban J connectivity index is 1.78. The Morgan fingerprint density at radius 3 is 2.72 bits per heavy atom. The number of hydrogen-bond donors (Lipinski definition) is 0. The average molecular weight is 419 g/mol. The number of benzene rings is 1. The van der Waals surface area contributed by atoms with Gasteiger partial charge < -0.3 is 0 Å². The average Bonchev–Trinajstić information content (AvgIpc) is 3.09. The van der Waals surface area contributed by atoms with E-state index in [2.05, 4.69) is 32.8 Å². The lowest BCUT2D eigenvalue weighted by Crippen LogP contribution is -2.03. The number of hydrogen-bond acceptors (Lipinski definition) is 6. The standard InChI is InChI=1S/C21H15ClN6S/c1-13(2)12-28-20(14-5-7-24-8-6-14)26-27-21(28)29-19-9-15(11-23)17-10-16(22)3-4-18(17)25-19/h3-10H,1,12H2,2H3. The zero-order valence-electron chi connectivity index (χ0n) is 15.5. The molecule has 0 bridgehead atoms. The highest BCUT2D eigenvalue weighted by atomic mass is 35.5. The summed E-state index contributed by atoms with van der Waals surface area (Å²) in [5.74, 6) is 0.728. The molecule has 3 aromatic heterocycles. The first-order valence-electron chi connectivity index (χ1n) is 8.71. The molecule has 0 atom stereocenters. The van der Waals surface area contributed by atoms with Crippen molar-refractivity contribution in [2.75, 3.05) is 0 Å². The second-order valence-electron chi connectivity index (χ2n) is 6.47. The van der Waals surface area contributed by atoms with Gasteiger partial charge in [0.05, 0.1) is 17.1 Å². The molecule has 0 aliphatic carbocycles. The fourth-order valence-corrected chi connectivity index (χ4v) is 3.93. The molecule has 3 heterocycles. The molecule has 0 amide bonds. The van der Waals surface area contributed by atoms with E-state index in [1.54, 1.807) is 30.6 Å². The van der Waals surface area contributed by atoms with Crippen molar-refractivity contribution >= 4 is 34.3 Å². The van der Waals surface area contributed by atoms with Crippen LogP contribution < -0.4 is 0 Å². The van der Waals surface area contributed by atoms with E-state index in [1.165, 1.54) is 11.8 Å². The molecule has 0 saturated carbocycles. The van der Waals surface area contributed by atoms with Crippen LogP contribution in [-0.4, -0.2) is 24.7 Å². The van der Waals surface area contributed by atoms with Gasteiger partial charge in [-0.25, -0.2) is 4.98 Å². The van der Waals surface area contributed by atoms with Crippen molar-refractivity contribution in [1.29, 1.82) is 5.26 Å². The molecule has 0 aliphatic heterocycles. The van der Waals surface area contributed by atoms with Crippen molar-refractivity contribution < 1.29 is 0 Å². The smallest absolute Gasteiger partial charge is 0.198 e. The van der Waals surface area contributed by atoms with E-state index in [0.717, 1.165) is 22.3 Å². The second kappa shape index (κ2) is 8.03. The summed E-state index contributed by atoms with van der Waals surface area (Å²) >= 11 is 7.43. The number of nitriles is 1. The van der Waals surface area contributed by atoms with Gasteiger partial charge in [-0.3, -0.25) is 9.55 Å². The van der Waals surface area contributed by atoms with E-state index in [1.807, 2.05) is 29.7 Å². The van der Waals surface area contributed by atoms with E-state index < -0.39 is 0 Å². The zero-order chi connectivity index (χ0) is 20.4. The Bertz CT molecular complexity index is 1260. The summed E-state index contributed by atoms with van der Waals surface area (Å²) in [5.41, 5.74) is 3.11. The highest BCUT2D eigenvalue weighted by molar-refractivity contribution is 7.99. The number of rotatable bonds is 5. The molecule has 0 unspecified atom stereocenters. The van der Waals surface area contributed by atoms with Crippen LogP contribution in [-0.2, 0) is 6.54 Å². The number of pyridine rings is 2. The van der Waals surface area contributed by atoms with E-state index in [-0.39, 0.29) is 0 Å². The van der Waals surface area contributed by atoms with Crippen LogP contribution >= 0.6 is 23.4 Å². The lowest BCUT2D eigenvalue weighted by molar-refractivity contribution is 0.705. The van der Waals surface area contributed by atoms with Gasteiger partial charge in [0.1, 0.15) is 5.03 Å². The molecule has 0 radical (unpaired) electrons. The Kier molecular flexibility index (Phi) is 5.30. The number of fused-ring (bicyclic) bond motifs is 1. The summed E-state index contributed by atoms with van der Waals surface area (Å²) in [4.78, 5) is 8.72. The molecule has 4 rings (SSSR count). The molecule has 142 valence electrons. The minimum absolute atomic E-state index is 0.514. The molecular weight excluding hydrogens is 404 g/mol. The van der Waals surface area contributed by atoms with Crippen molar-refractivity contribution in [2.24, 2.45) is 0 Å². The minimum Gasteiger partial charge on any atom is -0.298 e. The molecule has 29 heavy (non-hydrogen) atoms. The van der Waals surface area contributed by atoms with Crippen molar-refractivity contribution in [3.05, 3.63) is 71.5 Å². The first-order chi connectivity index (χ1) is 14.0. The van der Waals surface area contributed by atoms with Gasteiger partial charge in [0, 0.05) is 34.9 Å². The number of aromatic nitrogens is 5. The first kappa shape index (κ1) is 19.1. The maximum absolute atomic E-state index is 9.56. The van der Waals surface area contributed by atoms with Crippen molar-refractivity contribution in [2.45, 2.75) is 23.7 Å². The molecule has 6 nitrogen and oxygen atoms in total. The van der Waals surface area contributed by atoms with Gasteiger partial charge in [0.2, 0.25) is 0 Å². The third kappa shape index (κ3) is 3.99. The quantitative estimate of drug-likeness (QED) is 0.417. The molecule has 0 fully saturated rings. The Labute approximate surface area is 176 Å². The van der Waals surface area contributed by atoms with Crippen LogP contribution in [0.25, 0.3) is 22.3 Å². The third-order valence-electron chi connectivity index (χ3n) is 4.15. The SMILES string of the molecule is C=C(C)Cn1c(Sc2cc(C#N)c3cc(Cl)ccc3n2)nnc1-c1ccncc1. The number of nitrogens with zero attached hydrogens (tertiary/aromatic N) is 6. The summed E-state index contributed by atoms with van der Waals surface area (Å²) in [6.45, 7) is 6.55. The minimum atomic E-state index is 0.514. The van der Waals surface area contributed by atoms with E-state index >= 15 is 0 Å². The van der Waals surface area contributed by atoms with Crippen molar-refractivity contribution in [3.8, 4) is 17.5 Å². The van der Waals surface area contributed by atoms with Gasteiger partial charge in [0.25, 0.3) is 0 Å². The van der Waals surface area contributed by atoms with Gasteiger partial charge in [-0.15, -0.1) is 10.2 Å². The zero-order valence-corrected chi connectivity index (χ0v) is 17.1. The fraction of sp³-hybridized carbons (Fsp3) is 0.0952. The molecule has 8 heteroatoms. The monoisotopic (exact) mass is 418 g/mol. The van der Waals surface area contributed by atoms with Gasteiger partial charge in [-0.2, -0.15) is 5.26 Å². The van der Waals surface area contributed by atoms with Gasteiger partial charge >= 0.3 is 0 Å². The van der Waals surface area contributed by atoms with Gasteiger partial charge in [0.15, 0.2) is 11.0 Å². The molecule has 4 aromatic rings. The van der Waals surface area contributed by atoms with Crippen LogP contribution in [0.3, 0.4) is 0 Å². The summed E-state index contributed by atoms with van der Waals surface area (Å²) in [6, 6.07) is 13.1. The third-order valence-corrected chi connectivity index (χ3v) is 5.28. The van der Waals surface area contributed by atoms with E-state index in [0.29, 0.717) is 32.8 Å². The second-order valence-corrected chi connectivity index (χ2v) is 7.89. The van der Waals surface area contributed by atoms with Crippen LogP contribution in [0.2, 0.25) is 5.02 Å². The van der Waals surface area contributed by atoms with Crippen LogP contribution in [0.4, 0.5) is 0 Å². The van der Waals surface area contributed by atoms with Crippen molar-refractivity contribution in [3.63, 3.8) is 0 Å². The van der Waals surface area contributed by atoms with Crippen molar-refractivity contribution in [1.82, 2.24) is 24.7 Å². The lowest BCUT2D eigenvalue weighted by atomic mass is 10.1. The molecular formula is C21H15ClN6S. The Morgan fingerprint density at radius 2 is 2.00 bits per heavy atom. The normalized spacial score (nSPS) is 10.8. The number of halogens is 1. The largest absolute Gasteiger partial charge is 0.298 e. The molecule has 0 spiro atoms. The molecule has 0 N–H and O–H groups in total. The summed E-state index contributed by atoms with van der Waals surface area (Å²) in [6.07, 6.45) is 3.44. The molecule has 1 aromatic carbocycles. The molecule has 0 aliphatic rings. The Hall–Kier alpha value is -3.21. The topological polar surface area (TPSA) is 80.3 Å². The first-order valence-corrected chi connectivity index (χ1v) is 9.91. The van der Waals surface area contributed by atoms with Crippen LogP contribution in [0, 0.1) is 11.3 Å². The van der Waals surface area contributed by atoms with Gasteiger partial charge in [-0.05, 0) is 55.1 Å². The number of allylic oxidation sites excluding steroid dienone is 1. The van der Waals surface area contributed by atoms with E-state index in [9.17, 15) is 5.26 Å². The predicted octanol–water partition coefficient (Wildman–Crippen LogP) is 5.14. The van der Waals surface area contributed by atoms with E-state index in [4.69, 9.17) is 11.6 Å². The van der Waals surface area contributed by atoms with Crippen LogP contribution in [0.15, 0.2) is 71.1 Å². The summed E-state index contributed by atoms with van der Waals surface area (Å²) < 4.78 is 1.99. The maximum atomic E-state index is 9.56. The summed E-state index contributed by atoms with van der Waals surface area (Å²) in [5, 5.41) is 20.9. The maximum Gasteiger partial charge on any atom is 0.198 e. The van der Waals surface area contributed by atoms with Gasteiger partial charge in [-0.1, -0.05) is 23.8 Å². The highest BCUT2D eigenvalue weighted by Gasteiger charge is 2.17. The Morgan fingerprint density at radius 1 is 1.21 bits per heavy atom.